The molecule has 0 bridgehead atoms. The number of rotatable bonds is 5. The zero-order valence-corrected chi connectivity index (χ0v) is 11.4. The molecule has 0 aliphatic heterocycles. The fourth-order valence-corrected chi connectivity index (χ4v) is 2.65. The SMILES string of the molecule is CC(C)n1ccnc(NCCC2CCCC2)c1=O. The molecular weight excluding hydrogens is 226 g/mol. The normalized spacial score (nSPS) is 16.4. The summed E-state index contributed by atoms with van der Waals surface area (Å²) in [5, 5.41) is 3.19. The van der Waals surface area contributed by atoms with Crippen molar-refractivity contribution < 1.29 is 0 Å². The van der Waals surface area contributed by atoms with E-state index in [0.29, 0.717) is 5.82 Å². The van der Waals surface area contributed by atoms with Gasteiger partial charge in [0, 0.05) is 25.0 Å². The lowest BCUT2D eigenvalue weighted by atomic mass is 10.0. The highest BCUT2D eigenvalue weighted by Crippen LogP contribution is 2.27. The molecule has 1 aromatic rings. The molecule has 4 heteroatoms. The summed E-state index contributed by atoms with van der Waals surface area (Å²) in [6.45, 7) is 4.86. The Kier molecular flexibility index (Phi) is 4.39. The first kappa shape index (κ1) is 13.1. The van der Waals surface area contributed by atoms with E-state index in [2.05, 4.69) is 10.3 Å². The Morgan fingerprint density at radius 2 is 2.17 bits per heavy atom. The monoisotopic (exact) mass is 249 g/mol. The summed E-state index contributed by atoms with van der Waals surface area (Å²) in [5.41, 5.74) is -0.0149. The van der Waals surface area contributed by atoms with Gasteiger partial charge in [-0.3, -0.25) is 4.79 Å². The molecule has 1 fully saturated rings. The Morgan fingerprint density at radius 1 is 1.44 bits per heavy atom. The van der Waals surface area contributed by atoms with Gasteiger partial charge in [0.2, 0.25) is 0 Å². The van der Waals surface area contributed by atoms with Gasteiger partial charge in [-0.05, 0) is 26.2 Å². The second-order valence-corrected chi connectivity index (χ2v) is 5.45. The average Bonchev–Trinajstić information content (AvgIpc) is 2.84. The highest BCUT2D eigenvalue weighted by atomic mass is 16.1. The van der Waals surface area contributed by atoms with Gasteiger partial charge in [0.25, 0.3) is 5.56 Å². The Bertz CT molecular complexity index is 433. The van der Waals surface area contributed by atoms with Crippen LogP contribution in [-0.2, 0) is 0 Å². The molecule has 0 atom stereocenters. The van der Waals surface area contributed by atoms with Crippen LogP contribution in [0, 0.1) is 5.92 Å². The van der Waals surface area contributed by atoms with Crippen LogP contribution in [-0.4, -0.2) is 16.1 Å². The van der Waals surface area contributed by atoms with Crippen LogP contribution < -0.4 is 10.9 Å². The summed E-state index contributed by atoms with van der Waals surface area (Å²) in [6.07, 6.45) is 10.0. The number of nitrogens with zero attached hydrogens (tertiary/aromatic N) is 2. The maximum absolute atomic E-state index is 12.1. The first-order chi connectivity index (χ1) is 8.68. The summed E-state index contributed by atoms with van der Waals surface area (Å²) in [4.78, 5) is 16.2. The van der Waals surface area contributed by atoms with Crippen LogP contribution in [0.4, 0.5) is 5.82 Å². The summed E-state index contributed by atoms with van der Waals surface area (Å²) >= 11 is 0. The molecule has 1 aromatic heterocycles. The number of hydrogen-bond donors (Lipinski definition) is 1. The van der Waals surface area contributed by atoms with E-state index in [9.17, 15) is 4.79 Å². The lowest BCUT2D eigenvalue weighted by molar-refractivity contribution is 0.517. The minimum absolute atomic E-state index is 0.0149. The third-order valence-electron chi connectivity index (χ3n) is 3.74. The molecule has 0 aromatic carbocycles. The van der Waals surface area contributed by atoms with Crippen molar-refractivity contribution in [3.63, 3.8) is 0 Å². The molecule has 1 aliphatic carbocycles. The highest BCUT2D eigenvalue weighted by molar-refractivity contribution is 5.30. The summed E-state index contributed by atoms with van der Waals surface area (Å²) in [5.74, 6) is 1.33. The predicted octanol–water partition coefficient (Wildman–Crippen LogP) is 2.82. The fraction of sp³-hybridized carbons (Fsp3) is 0.714. The van der Waals surface area contributed by atoms with Crippen molar-refractivity contribution in [2.75, 3.05) is 11.9 Å². The zero-order chi connectivity index (χ0) is 13.0. The molecule has 2 rings (SSSR count). The number of aromatic nitrogens is 2. The second kappa shape index (κ2) is 6.03. The molecule has 0 amide bonds. The third kappa shape index (κ3) is 3.12. The van der Waals surface area contributed by atoms with E-state index >= 15 is 0 Å². The Labute approximate surface area is 108 Å². The van der Waals surface area contributed by atoms with E-state index in [-0.39, 0.29) is 11.6 Å². The van der Waals surface area contributed by atoms with Crippen molar-refractivity contribution in [1.82, 2.24) is 9.55 Å². The van der Waals surface area contributed by atoms with Gasteiger partial charge in [-0.15, -0.1) is 0 Å². The average molecular weight is 249 g/mol. The molecule has 100 valence electrons. The van der Waals surface area contributed by atoms with E-state index in [4.69, 9.17) is 0 Å². The fourth-order valence-electron chi connectivity index (χ4n) is 2.65. The molecule has 0 unspecified atom stereocenters. The van der Waals surface area contributed by atoms with E-state index in [1.807, 2.05) is 13.8 Å². The smallest absolute Gasteiger partial charge is 0.293 e. The van der Waals surface area contributed by atoms with Gasteiger partial charge in [0.15, 0.2) is 5.82 Å². The quantitative estimate of drug-likeness (QED) is 0.873. The molecule has 1 aliphatic rings. The molecule has 0 spiro atoms. The maximum atomic E-state index is 12.1. The maximum Gasteiger partial charge on any atom is 0.293 e. The summed E-state index contributed by atoms with van der Waals surface area (Å²) < 4.78 is 1.71. The lowest BCUT2D eigenvalue weighted by Gasteiger charge is -2.13. The molecule has 1 heterocycles. The largest absolute Gasteiger partial charge is 0.365 e. The number of nitrogens with one attached hydrogen (secondary N) is 1. The Hall–Kier alpha value is -1.32. The van der Waals surface area contributed by atoms with Crippen LogP contribution in [0.3, 0.4) is 0 Å². The molecule has 4 nitrogen and oxygen atoms in total. The van der Waals surface area contributed by atoms with Gasteiger partial charge >= 0.3 is 0 Å². The molecule has 0 saturated heterocycles. The van der Waals surface area contributed by atoms with Crippen LogP contribution in [0.15, 0.2) is 17.2 Å². The lowest BCUT2D eigenvalue weighted by Crippen LogP contribution is -2.26. The van der Waals surface area contributed by atoms with Gasteiger partial charge in [-0.1, -0.05) is 25.7 Å². The van der Waals surface area contributed by atoms with Crippen molar-refractivity contribution in [2.45, 2.75) is 52.0 Å². The first-order valence-electron chi connectivity index (χ1n) is 6.99. The van der Waals surface area contributed by atoms with Gasteiger partial charge in [-0.25, -0.2) is 4.98 Å². The van der Waals surface area contributed by atoms with Gasteiger partial charge in [0.1, 0.15) is 0 Å². The third-order valence-corrected chi connectivity index (χ3v) is 3.74. The molecule has 18 heavy (non-hydrogen) atoms. The highest BCUT2D eigenvalue weighted by Gasteiger charge is 2.14. The van der Waals surface area contributed by atoms with Crippen molar-refractivity contribution in [2.24, 2.45) is 5.92 Å². The van der Waals surface area contributed by atoms with Crippen molar-refractivity contribution >= 4 is 5.82 Å². The van der Waals surface area contributed by atoms with Crippen LogP contribution in [0.25, 0.3) is 0 Å². The van der Waals surface area contributed by atoms with Crippen molar-refractivity contribution in [1.29, 1.82) is 0 Å². The predicted molar refractivity (Wildman–Crippen MR) is 73.9 cm³/mol. The molecule has 1 saturated carbocycles. The Morgan fingerprint density at radius 3 is 2.83 bits per heavy atom. The summed E-state index contributed by atoms with van der Waals surface area (Å²) in [7, 11) is 0. The van der Waals surface area contributed by atoms with Gasteiger partial charge < -0.3 is 9.88 Å². The van der Waals surface area contributed by atoms with Crippen LogP contribution in [0.2, 0.25) is 0 Å². The summed E-state index contributed by atoms with van der Waals surface area (Å²) in [6, 6.07) is 0.177. The van der Waals surface area contributed by atoms with E-state index in [1.54, 1.807) is 17.0 Å². The van der Waals surface area contributed by atoms with Gasteiger partial charge in [-0.2, -0.15) is 0 Å². The van der Waals surface area contributed by atoms with Gasteiger partial charge in [0.05, 0.1) is 0 Å². The minimum atomic E-state index is -0.0149. The topological polar surface area (TPSA) is 46.9 Å². The zero-order valence-electron chi connectivity index (χ0n) is 11.4. The number of hydrogen-bond acceptors (Lipinski definition) is 3. The minimum Gasteiger partial charge on any atom is -0.365 e. The second-order valence-electron chi connectivity index (χ2n) is 5.45. The van der Waals surface area contributed by atoms with Crippen molar-refractivity contribution in [3.8, 4) is 0 Å². The van der Waals surface area contributed by atoms with Crippen LogP contribution in [0.1, 0.15) is 52.0 Å². The van der Waals surface area contributed by atoms with E-state index in [0.717, 1.165) is 18.9 Å². The van der Waals surface area contributed by atoms with Crippen LogP contribution in [0.5, 0.6) is 0 Å². The molecule has 1 N–H and O–H groups in total. The van der Waals surface area contributed by atoms with Crippen molar-refractivity contribution in [3.05, 3.63) is 22.7 Å². The Balaban J connectivity index is 1.92. The molecule has 0 radical (unpaired) electrons. The standard InChI is InChI=1S/C14H23N3O/c1-11(2)17-10-9-16-13(14(17)18)15-8-7-12-5-3-4-6-12/h9-12H,3-8H2,1-2H3,(H,15,16). The van der Waals surface area contributed by atoms with E-state index in [1.165, 1.54) is 25.7 Å². The first-order valence-corrected chi connectivity index (χ1v) is 6.99. The molecular formula is C14H23N3O. The number of anilines is 1. The van der Waals surface area contributed by atoms with Crippen LogP contribution >= 0.6 is 0 Å². The van der Waals surface area contributed by atoms with E-state index < -0.39 is 0 Å².